The molecule has 0 spiro atoms. The molecule has 0 radical (unpaired) electrons. The predicted octanol–water partition coefficient (Wildman–Crippen LogP) is 2.08. The van der Waals surface area contributed by atoms with Gasteiger partial charge in [0.05, 0.1) is 5.52 Å². The van der Waals surface area contributed by atoms with Gasteiger partial charge in [-0.05, 0) is 24.3 Å². The van der Waals surface area contributed by atoms with Crippen molar-refractivity contribution in [3.05, 3.63) is 52.9 Å². The van der Waals surface area contributed by atoms with Crippen LogP contribution >= 0.6 is 0 Å². The Morgan fingerprint density at radius 3 is 2.93 bits per heavy atom. The molecule has 0 aliphatic rings. The standard InChI is InChI=1S/C12H8N2O/c15-11-5-7-14-12-8-2-1-6-13-10(8)4-3-9(11)12/h1-7,13H. The van der Waals surface area contributed by atoms with E-state index in [-0.39, 0.29) is 5.43 Å². The summed E-state index contributed by atoms with van der Waals surface area (Å²) in [4.78, 5) is 18.9. The number of hydrogen-bond acceptors (Lipinski definition) is 2. The molecule has 15 heavy (non-hydrogen) atoms. The third-order valence-electron chi connectivity index (χ3n) is 2.51. The van der Waals surface area contributed by atoms with Crippen LogP contribution in [0.25, 0.3) is 21.8 Å². The molecule has 3 rings (SSSR count). The number of benzene rings is 1. The van der Waals surface area contributed by atoms with E-state index in [9.17, 15) is 4.79 Å². The van der Waals surface area contributed by atoms with Crippen LogP contribution in [-0.2, 0) is 0 Å². The molecule has 0 atom stereocenters. The van der Waals surface area contributed by atoms with E-state index in [2.05, 4.69) is 9.97 Å². The number of fused-ring (bicyclic) bond motifs is 3. The Bertz CT molecular complexity index is 700. The normalized spacial score (nSPS) is 10.9. The molecular formula is C12H8N2O. The van der Waals surface area contributed by atoms with Gasteiger partial charge in [-0.25, -0.2) is 0 Å². The van der Waals surface area contributed by atoms with Gasteiger partial charge in [-0.2, -0.15) is 0 Å². The lowest BCUT2D eigenvalue weighted by atomic mass is 10.1. The van der Waals surface area contributed by atoms with E-state index in [4.69, 9.17) is 0 Å². The summed E-state index contributed by atoms with van der Waals surface area (Å²) in [6.07, 6.45) is 3.41. The summed E-state index contributed by atoms with van der Waals surface area (Å²) in [5.41, 5.74) is 1.77. The minimum atomic E-state index is 0.0192. The Morgan fingerprint density at radius 2 is 2.00 bits per heavy atom. The monoisotopic (exact) mass is 196 g/mol. The maximum absolute atomic E-state index is 11.6. The number of rotatable bonds is 0. The van der Waals surface area contributed by atoms with Crippen LogP contribution < -0.4 is 5.43 Å². The molecule has 0 saturated carbocycles. The van der Waals surface area contributed by atoms with Gasteiger partial charge in [-0.1, -0.05) is 0 Å². The van der Waals surface area contributed by atoms with Gasteiger partial charge in [0.2, 0.25) is 0 Å². The van der Waals surface area contributed by atoms with Crippen LogP contribution in [0.2, 0.25) is 0 Å². The van der Waals surface area contributed by atoms with Crippen LogP contribution in [0.3, 0.4) is 0 Å². The first kappa shape index (κ1) is 8.17. The molecule has 3 nitrogen and oxygen atoms in total. The number of aromatic amines is 1. The molecule has 72 valence electrons. The van der Waals surface area contributed by atoms with Crippen molar-refractivity contribution in [3.8, 4) is 0 Å². The third-order valence-corrected chi connectivity index (χ3v) is 2.51. The number of H-pyrrole nitrogens is 1. The SMILES string of the molecule is O=c1ccnc2c1ccc1[nH]cccc12. The first-order valence-electron chi connectivity index (χ1n) is 4.71. The van der Waals surface area contributed by atoms with Gasteiger partial charge in [0.15, 0.2) is 5.43 Å². The first-order valence-corrected chi connectivity index (χ1v) is 4.71. The van der Waals surface area contributed by atoms with Gasteiger partial charge in [0.1, 0.15) is 0 Å². The fraction of sp³-hybridized carbons (Fsp3) is 0. The van der Waals surface area contributed by atoms with Crippen molar-refractivity contribution in [2.45, 2.75) is 0 Å². The molecule has 1 N–H and O–H groups in total. The summed E-state index contributed by atoms with van der Waals surface area (Å²) in [6.45, 7) is 0. The molecule has 0 aliphatic carbocycles. The molecule has 2 heterocycles. The van der Waals surface area contributed by atoms with Crippen LogP contribution in [0.5, 0.6) is 0 Å². The molecular weight excluding hydrogens is 188 g/mol. The Hall–Kier alpha value is -2.16. The van der Waals surface area contributed by atoms with E-state index in [0.717, 1.165) is 16.4 Å². The van der Waals surface area contributed by atoms with Crippen LogP contribution in [0.4, 0.5) is 0 Å². The number of pyridine rings is 2. The number of nitrogens with zero attached hydrogens (tertiary/aromatic N) is 1. The third kappa shape index (κ3) is 1.13. The number of aromatic nitrogens is 2. The van der Waals surface area contributed by atoms with Crippen molar-refractivity contribution in [2.24, 2.45) is 0 Å². The lowest BCUT2D eigenvalue weighted by Gasteiger charge is -2.01. The average molecular weight is 196 g/mol. The van der Waals surface area contributed by atoms with E-state index in [1.165, 1.54) is 6.07 Å². The summed E-state index contributed by atoms with van der Waals surface area (Å²) in [7, 11) is 0. The van der Waals surface area contributed by atoms with E-state index >= 15 is 0 Å². The zero-order valence-corrected chi connectivity index (χ0v) is 7.90. The summed E-state index contributed by atoms with van der Waals surface area (Å²) in [5, 5.41) is 1.65. The highest BCUT2D eigenvalue weighted by Gasteiger charge is 2.02. The minimum absolute atomic E-state index is 0.0192. The molecule has 0 bridgehead atoms. The van der Waals surface area contributed by atoms with E-state index < -0.39 is 0 Å². The largest absolute Gasteiger partial charge is 0.361 e. The Balaban J connectivity index is 2.67. The highest BCUT2D eigenvalue weighted by Crippen LogP contribution is 2.18. The molecule has 1 aromatic carbocycles. The van der Waals surface area contributed by atoms with Crippen LogP contribution in [0.15, 0.2) is 47.5 Å². The smallest absolute Gasteiger partial charge is 0.189 e. The van der Waals surface area contributed by atoms with Crippen molar-refractivity contribution in [1.29, 1.82) is 0 Å². The summed E-state index contributed by atoms with van der Waals surface area (Å²) in [5.74, 6) is 0. The average Bonchev–Trinajstić information content (AvgIpc) is 2.29. The van der Waals surface area contributed by atoms with Crippen molar-refractivity contribution in [3.63, 3.8) is 0 Å². The second kappa shape index (κ2) is 2.92. The van der Waals surface area contributed by atoms with Gasteiger partial charge in [-0.15, -0.1) is 0 Å². The van der Waals surface area contributed by atoms with Gasteiger partial charge < -0.3 is 4.98 Å². The fourth-order valence-corrected chi connectivity index (χ4v) is 1.79. The van der Waals surface area contributed by atoms with Gasteiger partial charge in [0, 0.05) is 34.7 Å². The zero-order valence-electron chi connectivity index (χ0n) is 7.90. The summed E-state index contributed by atoms with van der Waals surface area (Å²) in [6, 6.07) is 9.06. The molecule has 0 unspecified atom stereocenters. The van der Waals surface area contributed by atoms with Gasteiger partial charge in [0.25, 0.3) is 0 Å². The Labute approximate surface area is 85.4 Å². The Kier molecular flexibility index (Phi) is 1.59. The molecule has 0 aliphatic heterocycles. The van der Waals surface area contributed by atoms with Gasteiger partial charge >= 0.3 is 0 Å². The molecule has 3 aromatic rings. The lowest BCUT2D eigenvalue weighted by Crippen LogP contribution is -2.00. The molecule has 2 aromatic heterocycles. The zero-order chi connectivity index (χ0) is 10.3. The first-order chi connectivity index (χ1) is 7.36. The molecule has 0 amide bonds. The second-order valence-electron chi connectivity index (χ2n) is 3.40. The highest BCUT2D eigenvalue weighted by molar-refractivity contribution is 6.03. The second-order valence-corrected chi connectivity index (χ2v) is 3.40. The van der Waals surface area contributed by atoms with Crippen molar-refractivity contribution in [2.75, 3.05) is 0 Å². The fourth-order valence-electron chi connectivity index (χ4n) is 1.79. The Morgan fingerprint density at radius 1 is 1.07 bits per heavy atom. The number of nitrogens with one attached hydrogen (secondary N) is 1. The van der Waals surface area contributed by atoms with Crippen LogP contribution in [-0.4, -0.2) is 9.97 Å². The highest BCUT2D eigenvalue weighted by atomic mass is 16.1. The maximum atomic E-state index is 11.6. The topological polar surface area (TPSA) is 45.8 Å². The van der Waals surface area contributed by atoms with Crippen molar-refractivity contribution < 1.29 is 0 Å². The molecule has 3 heteroatoms. The van der Waals surface area contributed by atoms with Crippen molar-refractivity contribution in [1.82, 2.24) is 9.97 Å². The molecule has 0 fully saturated rings. The lowest BCUT2D eigenvalue weighted by molar-refractivity contribution is 1.38. The van der Waals surface area contributed by atoms with E-state index in [0.29, 0.717) is 5.39 Å². The summed E-state index contributed by atoms with van der Waals surface area (Å²) >= 11 is 0. The number of hydrogen-bond donors (Lipinski definition) is 1. The van der Waals surface area contributed by atoms with Crippen LogP contribution in [0, 0.1) is 0 Å². The molecule has 0 saturated heterocycles. The quantitative estimate of drug-likeness (QED) is 0.559. The predicted molar refractivity (Wildman–Crippen MR) is 59.9 cm³/mol. The minimum Gasteiger partial charge on any atom is -0.361 e. The van der Waals surface area contributed by atoms with Crippen LogP contribution in [0.1, 0.15) is 0 Å². The van der Waals surface area contributed by atoms with Gasteiger partial charge in [-0.3, -0.25) is 9.78 Å². The summed E-state index contributed by atoms with van der Waals surface area (Å²) < 4.78 is 0. The van der Waals surface area contributed by atoms with E-state index in [1.54, 1.807) is 6.20 Å². The van der Waals surface area contributed by atoms with E-state index in [1.807, 2.05) is 30.5 Å². The van der Waals surface area contributed by atoms with Crippen molar-refractivity contribution >= 4 is 21.8 Å². The maximum Gasteiger partial charge on any atom is 0.189 e.